The second-order valence-corrected chi connectivity index (χ2v) is 2.70. The summed E-state index contributed by atoms with van der Waals surface area (Å²) in [6.45, 7) is 2.87. The van der Waals surface area contributed by atoms with Gasteiger partial charge in [-0.3, -0.25) is 9.69 Å². The minimum Gasteiger partial charge on any atom is -0.480 e. The first-order valence-corrected chi connectivity index (χ1v) is 3.06. The summed E-state index contributed by atoms with van der Waals surface area (Å²) < 4.78 is 0. The number of hydrogen-bond acceptors (Lipinski definition) is 2. The average molecular weight is 129 g/mol. The SMILES string of the molecule is C[C@@H]1CN(C)[C@@H]1C(=O)O. The van der Waals surface area contributed by atoms with Crippen LogP contribution in [-0.4, -0.2) is 35.6 Å². The molecule has 0 radical (unpaired) electrons. The van der Waals surface area contributed by atoms with E-state index in [-0.39, 0.29) is 6.04 Å². The summed E-state index contributed by atoms with van der Waals surface area (Å²) in [5.41, 5.74) is 0. The first kappa shape index (κ1) is 6.55. The number of carboxylic acids is 1. The Hall–Kier alpha value is -0.570. The van der Waals surface area contributed by atoms with Crippen LogP contribution in [0, 0.1) is 5.92 Å². The highest BCUT2D eigenvalue weighted by Gasteiger charge is 2.38. The Balaban J connectivity index is 2.49. The molecule has 3 nitrogen and oxygen atoms in total. The topological polar surface area (TPSA) is 40.5 Å². The maximum absolute atomic E-state index is 10.4. The zero-order valence-corrected chi connectivity index (χ0v) is 5.66. The van der Waals surface area contributed by atoms with Gasteiger partial charge < -0.3 is 5.11 Å². The molecule has 0 aromatic carbocycles. The quantitative estimate of drug-likeness (QED) is 0.542. The maximum Gasteiger partial charge on any atom is 0.321 e. The first-order chi connectivity index (χ1) is 4.13. The average Bonchev–Trinajstić information content (AvgIpc) is 1.62. The number of carboxylic acid groups (broad SMARTS) is 1. The number of likely N-dealkylation sites (tertiary alicyclic amines) is 1. The van der Waals surface area contributed by atoms with Crippen molar-refractivity contribution in [3.8, 4) is 0 Å². The van der Waals surface area contributed by atoms with Crippen molar-refractivity contribution in [1.29, 1.82) is 0 Å². The normalized spacial score (nSPS) is 35.8. The van der Waals surface area contributed by atoms with E-state index in [1.165, 1.54) is 0 Å². The molecule has 1 aliphatic rings. The van der Waals surface area contributed by atoms with Crippen molar-refractivity contribution >= 4 is 5.97 Å². The molecule has 0 aliphatic carbocycles. The van der Waals surface area contributed by atoms with Crippen LogP contribution in [0.3, 0.4) is 0 Å². The molecule has 1 fully saturated rings. The minimum atomic E-state index is -0.698. The van der Waals surface area contributed by atoms with E-state index in [1.807, 2.05) is 18.9 Å². The molecule has 0 aromatic heterocycles. The Morgan fingerprint density at radius 2 is 2.33 bits per heavy atom. The zero-order valence-electron chi connectivity index (χ0n) is 5.66. The highest BCUT2D eigenvalue weighted by atomic mass is 16.4. The molecular weight excluding hydrogens is 118 g/mol. The highest BCUT2D eigenvalue weighted by Crippen LogP contribution is 2.21. The van der Waals surface area contributed by atoms with Gasteiger partial charge in [0, 0.05) is 6.54 Å². The Morgan fingerprint density at radius 3 is 2.44 bits per heavy atom. The van der Waals surface area contributed by atoms with Crippen LogP contribution in [0.4, 0.5) is 0 Å². The van der Waals surface area contributed by atoms with E-state index in [2.05, 4.69) is 0 Å². The van der Waals surface area contributed by atoms with Crippen LogP contribution in [-0.2, 0) is 4.79 Å². The number of carbonyl (C=O) groups is 1. The fraction of sp³-hybridized carbons (Fsp3) is 0.833. The molecule has 0 amide bonds. The molecule has 0 spiro atoms. The number of nitrogens with zero attached hydrogens (tertiary/aromatic N) is 1. The van der Waals surface area contributed by atoms with Gasteiger partial charge in [0.25, 0.3) is 0 Å². The number of likely N-dealkylation sites (N-methyl/N-ethyl adjacent to an activating group) is 1. The number of rotatable bonds is 1. The minimum absolute atomic E-state index is 0.231. The van der Waals surface area contributed by atoms with Crippen LogP contribution in [0.2, 0.25) is 0 Å². The highest BCUT2D eigenvalue weighted by molar-refractivity contribution is 5.75. The van der Waals surface area contributed by atoms with Crippen molar-refractivity contribution < 1.29 is 9.90 Å². The molecule has 0 unspecified atom stereocenters. The van der Waals surface area contributed by atoms with Crippen molar-refractivity contribution in [3.63, 3.8) is 0 Å². The smallest absolute Gasteiger partial charge is 0.321 e. The summed E-state index contributed by atoms with van der Waals surface area (Å²) in [4.78, 5) is 12.2. The van der Waals surface area contributed by atoms with Crippen molar-refractivity contribution in [3.05, 3.63) is 0 Å². The first-order valence-electron chi connectivity index (χ1n) is 3.06. The van der Waals surface area contributed by atoms with E-state index >= 15 is 0 Å². The van der Waals surface area contributed by atoms with E-state index in [9.17, 15) is 4.79 Å². The lowest BCUT2D eigenvalue weighted by Gasteiger charge is -2.40. The number of aliphatic carboxylic acids is 1. The van der Waals surface area contributed by atoms with Crippen LogP contribution in [0.25, 0.3) is 0 Å². The van der Waals surface area contributed by atoms with Gasteiger partial charge >= 0.3 is 5.97 Å². The molecule has 1 aliphatic heterocycles. The predicted octanol–water partition coefficient (Wildman–Crippen LogP) is 0.0211. The van der Waals surface area contributed by atoms with Crippen LogP contribution in [0.1, 0.15) is 6.92 Å². The largest absolute Gasteiger partial charge is 0.480 e. The predicted molar refractivity (Wildman–Crippen MR) is 33.2 cm³/mol. The monoisotopic (exact) mass is 129 g/mol. The fourth-order valence-corrected chi connectivity index (χ4v) is 1.40. The van der Waals surface area contributed by atoms with Crippen LogP contribution in [0.5, 0.6) is 0 Å². The fourth-order valence-electron chi connectivity index (χ4n) is 1.40. The maximum atomic E-state index is 10.4. The van der Waals surface area contributed by atoms with Gasteiger partial charge in [-0.15, -0.1) is 0 Å². The summed E-state index contributed by atoms with van der Waals surface area (Å²) in [6.07, 6.45) is 0. The molecule has 3 heteroatoms. The van der Waals surface area contributed by atoms with E-state index in [1.54, 1.807) is 0 Å². The van der Waals surface area contributed by atoms with Gasteiger partial charge in [0.15, 0.2) is 0 Å². The Kier molecular flexibility index (Phi) is 1.45. The lowest BCUT2D eigenvalue weighted by atomic mass is 9.92. The lowest BCUT2D eigenvalue weighted by molar-refractivity contribution is -0.151. The number of hydrogen-bond donors (Lipinski definition) is 1. The molecule has 1 rings (SSSR count). The van der Waals surface area contributed by atoms with Crippen LogP contribution >= 0.6 is 0 Å². The summed E-state index contributed by atoms with van der Waals surface area (Å²) in [7, 11) is 1.83. The molecular formula is C6H11NO2. The molecule has 0 bridgehead atoms. The Bertz CT molecular complexity index is 127. The van der Waals surface area contributed by atoms with Gasteiger partial charge in [0.05, 0.1) is 0 Å². The van der Waals surface area contributed by atoms with Crippen molar-refractivity contribution in [1.82, 2.24) is 4.90 Å². The van der Waals surface area contributed by atoms with Gasteiger partial charge in [0.2, 0.25) is 0 Å². The summed E-state index contributed by atoms with van der Waals surface area (Å²) in [6, 6.07) is -0.231. The molecule has 0 saturated carbocycles. The van der Waals surface area contributed by atoms with Crippen LogP contribution in [0.15, 0.2) is 0 Å². The van der Waals surface area contributed by atoms with Gasteiger partial charge in [-0.05, 0) is 13.0 Å². The van der Waals surface area contributed by atoms with Gasteiger partial charge in [-0.25, -0.2) is 0 Å². The second-order valence-electron chi connectivity index (χ2n) is 2.70. The third-order valence-electron chi connectivity index (χ3n) is 1.84. The van der Waals surface area contributed by atoms with E-state index < -0.39 is 5.97 Å². The summed E-state index contributed by atoms with van der Waals surface area (Å²) in [5, 5.41) is 8.53. The molecule has 9 heavy (non-hydrogen) atoms. The van der Waals surface area contributed by atoms with Crippen LogP contribution < -0.4 is 0 Å². The molecule has 1 N–H and O–H groups in total. The van der Waals surface area contributed by atoms with Crippen molar-refractivity contribution in [2.24, 2.45) is 5.92 Å². The third kappa shape index (κ3) is 0.920. The van der Waals surface area contributed by atoms with E-state index in [4.69, 9.17) is 5.11 Å². The molecule has 0 aromatic rings. The van der Waals surface area contributed by atoms with E-state index in [0.29, 0.717) is 5.92 Å². The Morgan fingerprint density at radius 1 is 1.78 bits per heavy atom. The molecule has 2 atom stereocenters. The summed E-state index contributed by atoms with van der Waals surface area (Å²) in [5.74, 6) is -0.372. The third-order valence-corrected chi connectivity index (χ3v) is 1.84. The molecule has 1 saturated heterocycles. The van der Waals surface area contributed by atoms with E-state index in [0.717, 1.165) is 6.54 Å². The van der Waals surface area contributed by atoms with Gasteiger partial charge in [-0.2, -0.15) is 0 Å². The van der Waals surface area contributed by atoms with Gasteiger partial charge in [0.1, 0.15) is 6.04 Å². The van der Waals surface area contributed by atoms with Crippen molar-refractivity contribution in [2.75, 3.05) is 13.6 Å². The Labute approximate surface area is 54.3 Å². The zero-order chi connectivity index (χ0) is 7.02. The molecule has 1 heterocycles. The molecule has 52 valence electrons. The van der Waals surface area contributed by atoms with Gasteiger partial charge in [-0.1, -0.05) is 6.92 Å². The lowest BCUT2D eigenvalue weighted by Crippen LogP contribution is -2.56. The standard InChI is InChI=1S/C6H11NO2/c1-4-3-7(2)5(4)6(8)9/h4-5H,3H2,1-2H3,(H,8,9)/t4-,5+/m1/s1. The second kappa shape index (κ2) is 1.99. The summed E-state index contributed by atoms with van der Waals surface area (Å²) >= 11 is 0. The van der Waals surface area contributed by atoms with Crippen molar-refractivity contribution in [2.45, 2.75) is 13.0 Å².